The minimum absolute atomic E-state index is 0.00331. The van der Waals surface area contributed by atoms with Gasteiger partial charge in [-0.1, -0.05) is 39.3 Å². The molecule has 118 valence electrons. The highest BCUT2D eigenvalue weighted by Gasteiger charge is 2.38. The fraction of sp³-hybridized carbons (Fsp3) is 0.667. The number of carbonyl (C=O) groups is 2. The van der Waals surface area contributed by atoms with Crippen molar-refractivity contribution >= 4 is 11.6 Å². The molecule has 21 heavy (non-hydrogen) atoms. The van der Waals surface area contributed by atoms with Gasteiger partial charge in [0.1, 0.15) is 5.78 Å². The van der Waals surface area contributed by atoms with E-state index in [2.05, 4.69) is 0 Å². The molecular weight excluding hydrogens is 264 g/mol. The van der Waals surface area contributed by atoms with Gasteiger partial charge in [-0.3, -0.25) is 4.79 Å². The average Bonchev–Trinajstić information content (AvgIpc) is 2.31. The zero-order chi connectivity index (χ0) is 16.4. The number of allylic oxidation sites excluding steroid dienone is 4. The van der Waals surface area contributed by atoms with Gasteiger partial charge in [0.15, 0.2) is 5.78 Å². The molecule has 3 nitrogen and oxygen atoms in total. The average molecular weight is 292 g/mol. The first-order valence-electron chi connectivity index (χ1n) is 7.57. The number of hydrogen-bond donors (Lipinski definition) is 1. The molecule has 3 atom stereocenters. The Hall–Kier alpha value is -1.22. The second-order valence-corrected chi connectivity index (χ2v) is 7.45. The minimum Gasteiger partial charge on any atom is -0.393 e. The maximum Gasteiger partial charge on any atom is 0.178 e. The van der Waals surface area contributed by atoms with Crippen molar-refractivity contribution in [3.8, 4) is 0 Å². The highest BCUT2D eigenvalue weighted by molar-refractivity contribution is 6.01. The lowest BCUT2D eigenvalue weighted by molar-refractivity contribution is -0.119. The van der Waals surface area contributed by atoms with Gasteiger partial charge in [-0.05, 0) is 43.8 Å². The van der Waals surface area contributed by atoms with E-state index in [9.17, 15) is 14.7 Å². The van der Waals surface area contributed by atoms with E-state index >= 15 is 0 Å². The van der Waals surface area contributed by atoms with Crippen molar-refractivity contribution < 1.29 is 14.7 Å². The number of rotatable bonds is 6. The maximum absolute atomic E-state index is 11.4. The third-order valence-electron chi connectivity index (χ3n) is 4.81. The third-order valence-corrected chi connectivity index (χ3v) is 4.81. The lowest BCUT2D eigenvalue weighted by Crippen LogP contribution is -2.38. The molecule has 1 rings (SSSR count). The molecule has 0 aliphatic heterocycles. The SMILES string of the molecule is CC(=O)CC(C)(C)C[C@@H](O)C(C)[C@@]1(C)C=CC(=O)C=C1C. The molecule has 0 aromatic carbocycles. The van der Waals surface area contributed by atoms with Gasteiger partial charge in [-0.15, -0.1) is 0 Å². The zero-order valence-electron chi connectivity index (χ0n) is 14.1. The van der Waals surface area contributed by atoms with E-state index in [0.717, 1.165) is 5.57 Å². The molecule has 0 spiro atoms. The topological polar surface area (TPSA) is 54.4 Å². The normalized spacial score (nSPS) is 25.5. The van der Waals surface area contributed by atoms with Gasteiger partial charge in [0.05, 0.1) is 6.10 Å². The lowest BCUT2D eigenvalue weighted by Gasteiger charge is -2.40. The van der Waals surface area contributed by atoms with Gasteiger partial charge in [-0.25, -0.2) is 0 Å². The Balaban J connectivity index is 2.85. The van der Waals surface area contributed by atoms with Crippen molar-refractivity contribution in [3.05, 3.63) is 23.8 Å². The smallest absolute Gasteiger partial charge is 0.178 e. The van der Waals surface area contributed by atoms with Crippen LogP contribution in [-0.4, -0.2) is 22.8 Å². The summed E-state index contributed by atoms with van der Waals surface area (Å²) in [5.41, 5.74) is 0.437. The highest BCUT2D eigenvalue weighted by atomic mass is 16.3. The predicted molar refractivity (Wildman–Crippen MR) is 84.9 cm³/mol. The summed E-state index contributed by atoms with van der Waals surface area (Å²) in [7, 11) is 0. The summed E-state index contributed by atoms with van der Waals surface area (Å²) in [5.74, 6) is 0.123. The fourth-order valence-electron chi connectivity index (χ4n) is 3.20. The van der Waals surface area contributed by atoms with Crippen LogP contribution < -0.4 is 0 Å². The first-order valence-corrected chi connectivity index (χ1v) is 7.57. The summed E-state index contributed by atoms with van der Waals surface area (Å²) in [4.78, 5) is 22.8. The Morgan fingerprint density at radius 3 is 2.48 bits per heavy atom. The van der Waals surface area contributed by atoms with Crippen molar-refractivity contribution in [2.45, 2.75) is 60.5 Å². The number of aliphatic hydroxyl groups is 1. The second kappa shape index (κ2) is 6.27. The Labute approximate surface area is 128 Å². The standard InChI is InChI=1S/C18H28O3/c1-12-9-15(20)7-8-18(12,6)14(3)16(21)11-17(4,5)10-13(2)19/h7-9,14,16,21H,10-11H2,1-6H3/t14?,16-,18+/m1/s1. The molecule has 1 N–H and O–H groups in total. The molecule has 1 aliphatic carbocycles. The molecule has 0 aromatic rings. The van der Waals surface area contributed by atoms with Gasteiger partial charge in [-0.2, -0.15) is 0 Å². The molecule has 0 aromatic heterocycles. The highest BCUT2D eigenvalue weighted by Crippen LogP contribution is 2.43. The van der Waals surface area contributed by atoms with Crippen LogP contribution in [0.1, 0.15) is 54.4 Å². The van der Waals surface area contributed by atoms with Crippen LogP contribution >= 0.6 is 0 Å². The number of aliphatic hydroxyl groups excluding tert-OH is 1. The summed E-state index contributed by atoms with van der Waals surface area (Å²) < 4.78 is 0. The van der Waals surface area contributed by atoms with Gasteiger partial charge in [0.25, 0.3) is 0 Å². The molecule has 0 saturated carbocycles. The molecule has 1 unspecified atom stereocenters. The largest absolute Gasteiger partial charge is 0.393 e. The van der Waals surface area contributed by atoms with Crippen molar-refractivity contribution in [1.29, 1.82) is 0 Å². The molecular formula is C18H28O3. The van der Waals surface area contributed by atoms with E-state index in [1.165, 1.54) is 0 Å². The van der Waals surface area contributed by atoms with Crippen LogP contribution in [0.4, 0.5) is 0 Å². The monoisotopic (exact) mass is 292 g/mol. The number of carbonyl (C=O) groups excluding carboxylic acids is 2. The van der Waals surface area contributed by atoms with Crippen LogP contribution in [-0.2, 0) is 9.59 Å². The van der Waals surface area contributed by atoms with Crippen LogP contribution in [0.2, 0.25) is 0 Å². The number of ketones is 2. The van der Waals surface area contributed by atoms with Gasteiger partial charge in [0, 0.05) is 11.8 Å². The first-order chi connectivity index (χ1) is 9.48. The molecule has 0 fully saturated rings. The summed E-state index contributed by atoms with van der Waals surface area (Å²) in [6, 6.07) is 0. The van der Waals surface area contributed by atoms with Gasteiger partial charge in [0.2, 0.25) is 0 Å². The molecule has 1 aliphatic rings. The molecule has 0 amide bonds. The third kappa shape index (κ3) is 4.37. The molecule has 0 saturated heterocycles. The summed E-state index contributed by atoms with van der Waals surface area (Å²) >= 11 is 0. The van der Waals surface area contributed by atoms with Crippen LogP contribution in [0.15, 0.2) is 23.8 Å². The number of Topliss-reactive ketones (excluding diaryl/α,β-unsaturated/α-hetero) is 1. The van der Waals surface area contributed by atoms with Crippen molar-refractivity contribution in [2.24, 2.45) is 16.7 Å². The fourth-order valence-corrected chi connectivity index (χ4v) is 3.20. The van der Waals surface area contributed by atoms with E-state index in [1.807, 2.05) is 40.7 Å². The first kappa shape index (κ1) is 17.8. The molecule has 3 heteroatoms. The Bertz CT molecular complexity index is 485. The Kier molecular flexibility index (Phi) is 5.32. The zero-order valence-corrected chi connectivity index (χ0v) is 14.1. The quantitative estimate of drug-likeness (QED) is 0.815. The van der Waals surface area contributed by atoms with Crippen LogP contribution in [0.25, 0.3) is 0 Å². The molecule has 0 heterocycles. The van der Waals surface area contributed by atoms with E-state index < -0.39 is 6.10 Å². The van der Waals surface area contributed by atoms with E-state index in [1.54, 1.807) is 19.1 Å². The van der Waals surface area contributed by atoms with Gasteiger partial charge < -0.3 is 9.90 Å². The van der Waals surface area contributed by atoms with Crippen molar-refractivity contribution in [2.75, 3.05) is 0 Å². The van der Waals surface area contributed by atoms with Crippen LogP contribution in [0, 0.1) is 16.7 Å². The van der Waals surface area contributed by atoms with Gasteiger partial charge >= 0.3 is 0 Å². The van der Waals surface area contributed by atoms with E-state index in [4.69, 9.17) is 0 Å². The molecule has 0 bridgehead atoms. The van der Waals surface area contributed by atoms with E-state index in [-0.39, 0.29) is 28.3 Å². The minimum atomic E-state index is -0.523. The Morgan fingerprint density at radius 2 is 2.00 bits per heavy atom. The Morgan fingerprint density at radius 1 is 1.43 bits per heavy atom. The predicted octanol–water partition coefficient (Wildman–Crippen LogP) is 3.47. The summed E-state index contributed by atoms with van der Waals surface area (Å²) in [5, 5.41) is 10.6. The second-order valence-electron chi connectivity index (χ2n) is 7.45. The summed E-state index contributed by atoms with van der Waals surface area (Å²) in [6.45, 7) is 11.6. The molecule has 0 radical (unpaired) electrons. The van der Waals surface area contributed by atoms with Crippen molar-refractivity contribution in [1.82, 2.24) is 0 Å². The van der Waals surface area contributed by atoms with Crippen LogP contribution in [0.5, 0.6) is 0 Å². The summed E-state index contributed by atoms with van der Waals surface area (Å²) in [6.07, 6.45) is 5.64. The van der Waals surface area contributed by atoms with E-state index in [0.29, 0.717) is 12.8 Å². The van der Waals surface area contributed by atoms with Crippen molar-refractivity contribution in [3.63, 3.8) is 0 Å². The lowest BCUT2D eigenvalue weighted by atomic mass is 9.66. The maximum atomic E-state index is 11.4. The van der Waals surface area contributed by atoms with Crippen LogP contribution in [0.3, 0.4) is 0 Å². The number of hydrogen-bond acceptors (Lipinski definition) is 3.